The number of piperazine rings is 1. The second-order valence-corrected chi connectivity index (χ2v) is 10.2. The van der Waals surface area contributed by atoms with E-state index in [2.05, 4.69) is 0 Å². The van der Waals surface area contributed by atoms with E-state index >= 15 is 0 Å². The van der Waals surface area contributed by atoms with Crippen molar-refractivity contribution >= 4 is 35.3 Å². The summed E-state index contributed by atoms with van der Waals surface area (Å²) in [6, 6.07) is 9.98. The Morgan fingerprint density at radius 2 is 1.92 bits per heavy atom. The zero-order chi connectivity index (χ0) is 27.5. The Labute approximate surface area is 228 Å². The molecule has 0 bridgehead atoms. The van der Waals surface area contributed by atoms with Crippen molar-refractivity contribution in [2.24, 2.45) is 0 Å². The Morgan fingerprint density at radius 1 is 1.16 bits per heavy atom. The van der Waals surface area contributed by atoms with Crippen LogP contribution >= 0.6 is 11.3 Å². The molecule has 0 N–H and O–H groups in total. The molecule has 3 amide bonds. The maximum absolute atomic E-state index is 13.7. The van der Waals surface area contributed by atoms with Crippen LogP contribution < -0.4 is 4.74 Å². The highest BCUT2D eigenvalue weighted by Gasteiger charge is 2.41. The zero-order valence-corrected chi connectivity index (χ0v) is 23.2. The molecule has 1 aromatic heterocycles. The van der Waals surface area contributed by atoms with Gasteiger partial charge in [0.1, 0.15) is 18.1 Å². The molecular weight excluding hydrogens is 506 g/mol. The number of carbonyl (C=O) groups is 4. The first-order chi connectivity index (χ1) is 18.4. The summed E-state index contributed by atoms with van der Waals surface area (Å²) >= 11 is 1.59. The summed E-state index contributed by atoms with van der Waals surface area (Å²) in [5, 5.41) is 1.97. The van der Waals surface area contributed by atoms with Gasteiger partial charge in [0, 0.05) is 31.6 Å². The molecular formula is C28H37N3O6S. The van der Waals surface area contributed by atoms with Gasteiger partial charge in [0.25, 0.3) is 0 Å². The lowest BCUT2D eigenvalue weighted by Crippen LogP contribution is -2.61. The van der Waals surface area contributed by atoms with Crippen molar-refractivity contribution in [2.75, 3.05) is 47.0 Å². The Kier molecular flexibility index (Phi) is 11.3. The monoisotopic (exact) mass is 543 g/mol. The first-order valence-electron chi connectivity index (χ1n) is 12.9. The number of hydrogen-bond acceptors (Lipinski definition) is 7. The lowest BCUT2D eigenvalue weighted by atomic mass is 10.0. The van der Waals surface area contributed by atoms with Crippen LogP contribution in [-0.4, -0.2) is 97.8 Å². The third kappa shape index (κ3) is 7.64. The topological polar surface area (TPSA) is 96.5 Å². The Hall–Kier alpha value is -3.24. The molecule has 0 spiro atoms. The minimum absolute atomic E-state index is 0.0244. The van der Waals surface area contributed by atoms with Gasteiger partial charge in [0.2, 0.25) is 17.7 Å². The highest BCUT2D eigenvalue weighted by Crippen LogP contribution is 2.21. The number of aldehydes is 1. The largest absolute Gasteiger partial charge is 0.497 e. The Morgan fingerprint density at radius 3 is 2.53 bits per heavy atom. The fraction of sp³-hybridized carbons (Fsp3) is 0.500. The van der Waals surface area contributed by atoms with Crippen molar-refractivity contribution in [1.29, 1.82) is 0 Å². The maximum atomic E-state index is 13.7. The van der Waals surface area contributed by atoms with Crippen LogP contribution in [0.2, 0.25) is 0 Å². The van der Waals surface area contributed by atoms with Gasteiger partial charge in [-0.15, -0.1) is 11.3 Å². The van der Waals surface area contributed by atoms with E-state index in [1.807, 2.05) is 48.7 Å². The van der Waals surface area contributed by atoms with Gasteiger partial charge in [0.15, 0.2) is 0 Å². The van der Waals surface area contributed by atoms with Crippen molar-refractivity contribution in [3.05, 3.63) is 52.2 Å². The number of thiophene rings is 1. The van der Waals surface area contributed by atoms with Crippen LogP contribution in [0.25, 0.3) is 0 Å². The molecule has 38 heavy (non-hydrogen) atoms. The van der Waals surface area contributed by atoms with E-state index in [1.54, 1.807) is 28.2 Å². The maximum Gasteiger partial charge on any atom is 0.246 e. The number of rotatable bonds is 15. The van der Waals surface area contributed by atoms with Gasteiger partial charge in [-0.2, -0.15) is 0 Å². The van der Waals surface area contributed by atoms with E-state index in [1.165, 1.54) is 12.0 Å². The predicted octanol–water partition coefficient (Wildman–Crippen LogP) is 2.42. The summed E-state index contributed by atoms with van der Waals surface area (Å²) in [5.41, 5.74) is 1.02. The van der Waals surface area contributed by atoms with Crippen LogP contribution in [0.15, 0.2) is 41.8 Å². The van der Waals surface area contributed by atoms with E-state index < -0.39 is 12.1 Å². The summed E-state index contributed by atoms with van der Waals surface area (Å²) in [6.07, 6.45) is 2.19. The molecule has 2 aromatic rings. The number of nitrogens with zero attached hydrogens (tertiary/aromatic N) is 3. The number of hydrogen-bond donors (Lipinski definition) is 0. The molecule has 1 saturated heterocycles. The highest BCUT2D eigenvalue weighted by molar-refractivity contribution is 7.09. The van der Waals surface area contributed by atoms with Crippen LogP contribution in [0.3, 0.4) is 0 Å². The van der Waals surface area contributed by atoms with E-state index in [0.29, 0.717) is 32.4 Å². The summed E-state index contributed by atoms with van der Waals surface area (Å²) in [6.45, 7) is 3.01. The molecule has 1 fully saturated rings. The highest BCUT2D eigenvalue weighted by atomic mass is 32.1. The molecule has 0 aliphatic carbocycles. The van der Waals surface area contributed by atoms with Crippen LogP contribution in [0.1, 0.15) is 30.2 Å². The second-order valence-electron chi connectivity index (χ2n) is 9.19. The molecule has 206 valence electrons. The van der Waals surface area contributed by atoms with Gasteiger partial charge in [-0.05, 0) is 48.4 Å². The molecule has 0 saturated carbocycles. The van der Waals surface area contributed by atoms with Crippen molar-refractivity contribution < 1.29 is 28.7 Å². The SMILES string of the molecule is CCC(C=O)N(CCOC)C(=O)CC1C(=O)N(CCc2ccc(OC)cc2)CC(=O)N1CCc1cccs1. The van der Waals surface area contributed by atoms with Crippen molar-refractivity contribution in [3.63, 3.8) is 0 Å². The van der Waals surface area contributed by atoms with Gasteiger partial charge in [-0.25, -0.2) is 0 Å². The number of methoxy groups -OCH3 is 2. The zero-order valence-electron chi connectivity index (χ0n) is 22.3. The molecule has 1 aliphatic rings. The number of carbonyl (C=O) groups excluding carboxylic acids is 4. The van der Waals surface area contributed by atoms with Gasteiger partial charge >= 0.3 is 0 Å². The first-order valence-corrected chi connectivity index (χ1v) is 13.8. The number of ether oxygens (including phenoxy) is 2. The van der Waals surface area contributed by atoms with Crippen LogP contribution in [-0.2, 0) is 36.8 Å². The Balaban J connectivity index is 1.78. The molecule has 1 aliphatic heterocycles. The lowest BCUT2D eigenvalue weighted by Gasteiger charge is -2.41. The van der Waals surface area contributed by atoms with Crippen molar-refractivity contribution in [1.82, 2.24) is 14.7 Å². The number of benzene rings is 1. The predicted molar refractivity (Wildman–Crippen MR) is 145 cm³/mol. The average molecular weight is 544 g/mol. The molecule has 3 rings (SSSR count). The quantitative estimate of drug-likeness (QED) is 0.320. The first kappa shape index (κ1) is 29.3. The van der Waals surface area contributed by atoms with E-state index in [9.17, 15) is 19.2 Å². The summed E-state index contributed by atoms with van der Waals surface area (Å²) < 4.78 is 10.3. The average Bonchev–Trinajstić information content (AvgIpc) is 3.45. The van der Waals surface area contributed by atoms with Gasteiger partial charge in [-0.1, -0.05) is 25.1 Å². The van der Waals surface area contributed by atoms with Crippen LogP contribution in [0, 0.1) is 0 Å². The molecule has 2 heterocycles. The third-order valence-electron chi connectivity index (χ3n) is 6.83. The van der Waals surface area contributed by atoms with Crippen molar-refractivity contribution in [3.8, 4) is 5.75 Å². The fourth-order valence-electron chi connectivity index (χ4n) is 4.60. The summed E-state index contributed by atoms with van der Waals surface area (Å²) in [4.78, 5) is 57.8. The second kappa shape index (κ2) is 14.6. The van der Waals surface area contributed by atoms with E-state index in [-0.39, 0.29) is 43.8 Å². The molecule has 9 nitrogen and oxygen atoms in total. The van der Waals surface area contributed by atoms with Gasteiger partial charge in [0.05, 0.1) is 32.7 Å². The fourth-order valence-corrected chi connectivity index (χ4v) is 5.29. The normalized spacial score (nSPS) is 16.4. The van der Waals surface area contributed by atoms with Gasteiger partial charge in [-0.3, -0.25) is 14.4 Å². The Bertz CT molecular complexity index is 1060. The smallest absolute Gasteiger partial charge is 0.246 e. The molecule has 1 aromatic carbocycles. The van der Waals surface area contributed by atoms with Crippen LogP contribution in [0.4, 0.5) is 0 Å². The number of amides is 3. The standard InChI is InChI=1S/C28H37N3O6S/c1-4-22(20-32)30(15-16-36-2)26(33)18-25-28(35)29(13-11-21-7-9-23(37-3)10-8-21)19-27(34)31(25)14-12-24-6-5-17-38-24/h5-10,17,20,22,25H,4,11-16,18-19H2,1-3H3. The van der Waals surface area contributed by atoms with Gasteiger partial charge < -0.3 is 29.0 Å². The minimum Gasteiger partial charge on any atom is -0.497 e. The summed E-state index contributed by atoms with van der Waals surface area (Å²) in [7, 11) is 3.13. The molecule has 2 atom stereocenters. The third-order valence-corrected chi connectivity index (χ3v) is 7.76. The van der Waals surface area contributed by atoms with E-state index in [0.717, 1.165) is 22.5 Å². The minimum atomic E-state index is -0.922. The summed E-state index contributed by atoms with van der Waals surface area (Å²) in [5.74, 6) is -0.0232. The van der Waals surface area contributed by atoms with Crippen molar-refractivity contribution in [2.45, 2.75) is 44.7 Å². The molecule has 10 heteroatoms. The lowest BCUT2D eigenvalue weighted by molar-refractivity contribution is -0.158. The molecule has 2 unspecified atom stereocenters. The molecule has 0 radical (unpaired) electrons. The van der Waals surface area contributed by atoms with Crippen LogP contribution in [0.5, 0.6) is 5.75 Å². The van der Waals surface area contributed by atoms with E-state index in [4.69, 9.17) is 9.47 Å².